The molecular weight excluding hydrogens is 418 g/mol. The van der Waals surface area contributed by atoms with E-state index in [4.69, 9.17) is 16.6 Å². The van der Waals surface area contributed by atoms with Gasteiger partial charge in [0.15, 0.2) is 5.11 Å². The number of benzene rings is 2. The number of para-hydroxylation sites is 1. The molecule has 13 heteroatoms. The summed E-state index contributed by atoms with van der Waals surface area (Å²) in [6.07, 6.45) is 0. The molecule has 1 heterocycles. The number of hydrogen-bond acceptors (Lipinski definition) is 9. The molecule has 0 aliphatic heterocycles. The summed E-state index contributed by atoms with van der Waals surface area (Å²) in [4.78, 5) is 44.6. The van der Waals surface area contributed by atoms with E-state index in [0.717, 1.165) is 18.2 Å². The van der Waals surface area contributed by atoms with Crippen LogP contribution in [0.4, 0.5) is 17.1 Å². The lowest BCUT2D eigenvalue weighted by Gasteiger charge is -2.11. The minimum Gasteiger partial charge on any atom is -0.422 e. The van der Waals surface area contributed by atoms with E-state index in [1.165, 1.54) is 6.07 Å². The maximum atomic E-state index is 12.3. The Kier molecular flexibility index (Phi) is 5.64. The average molecular weight is 429 g/mol. The first-order valence-electron chi connectivity index (χ1n) is 8.09. The highest BCUT2D eigenvalue weighted by atomic mass is 32.1. The van der Waals surface area contributed by atoms with Crippen molar-refractivity contribution in [3.8, 4) is 0 Å². The predicted molar refractivity (Wildman–Crippen MR) is 109 cm³/mol. The topological polar surface area (TPSA) is 170 Å². The number of amides is 1. The molecule has 0 aliphatic carbocycles. The van der Waals surface area contributed by atoms with Crippen LogP contribution in [0.1, 0.15) is 10.4 Å². The van der Waals surface area contributed by atoms with Crippen molar-refractivity contribution in [2.45, 2.75) is 0 Å². The first-order chi connectivity index (χ1) is 14.3. The number of non-ortho nitro benzene ring substituents is 1. The fourth-order valence-corrected chi connectivity index (χ4v) is 2.58. The van der Waals surface area contributed by atoms with Gasteiger partial charge in [-0.1, -0.05) is 18.2 Å². The molecule has 152 valence electrons. The van der Waals surface area contributed by atoms with Crippen LogP contribution in [0, 0.1) is 20.2 Å². The molecule has 0 spiro atoms. The molecule has 0 bridgehead atoms. The van der Waals surface area contributed by atoms with Gasteiger partial charge in [-0.25, -0.2) is 4.79 Å². The monoisotopic (exact) mass is 429 g/mol. The zero-order chi connectivity index (χ0) is 21.8. The summed E-state index contributed by atoms with van der Waals surface area (Å²) in [6.45, 7) is 0. The van der Waals surface area contributed by atoms with Crippen molar-refractivity contribution in [2.24, 2.45) is 0 Å². The van der Waals surface area contributed by atoms with Crippen LogP contribution in [-0.2, 0) is 0 Å². The first-order valence-corrected chi connectivity index (χ1v) is 8.50. The van der Waals surface area contributed by atoms with Crippen LogP contribution in [0.3, 0.4) is 0 Å². The third kappa shape index (κ3) is 4.36. The zero-order valence-corrected chi connectivity index (χ0v) is 15.6. The fourth-order valence-electron chi connectivity index (χ4n) is 2.44. The molecule has 1 aromatic heterocycles. The second kappa shape index (κ2) is 8.32. The number of nitro groups is 2. The van der Waals surface area contributed by atoms with E-state index in [1.54, 1.807) is 24.3 Å². The van der Waals surface area contributed by atoms with Crippen molar-refractivity contribution in [3.05, 3.63) is 84.7 Å². The third-order valence-electron chi connectivity index (χ3n) is 3.81. The zero-order valence-electron chi connectivity index (χ0n) is 14.8. The molecule has 0 aliphatic rings. The predicted octanol–water partition coefficient (Wildman–Crippen LogP) is 2.24. The summed E-state index contributed by atoms with van der Waals surface area (Å²) in [7, 11) is 0. The van der Waals surface area contributed by atoms with Crippen molar-refractivity contribution >= 4 is 51.3 Å². The van der Waals surface area contributed by atoms with Gasteiger partial charge in [-0.3, -0.25) is 41.2 Å². The Morgan fingerprint density at radius 1 is 1.03 bits per heavy atom. The van der Waals surface area contributed by atoms with Crippen LogP contribution in [0.5, 0.6) is 0 Å². The van der Waals surface area contributed by atoms with Gasteiger partial charge in [0.25, 0.3) is 11.6 Å². The molecule has 0 radical (unpaired) electrons. The molecule has 30 heavy (non-hydrogen) atoms. The number of hydrogen-bond donors (Lipinski definition) is 3. The smallest absolute Gasteiger partial charge is 0.349 e. The lowest BCUT2D eigenvalue weighted by molar-refractivity contribution is -0.393. The molecule has 3 aromatic rings. The van der Waals surface area contributed by atoms with Gasteiger partial charge in [0.1, 0.15) is 16.8 Å². The number of carbonyl (C=O) groups is 1. The standard InChI is InChI=1S/C17H11N5O7S/c23-15(11-7-9-3-1-2-4-14(9)29-16(11)24)18-17(30)20-19-12-6-5-10(21(25)26)8-13(12)22(27)28/h1-8,19H,(H2,18,20,23,30). The van der Waals surface area contributed by atoms with Crippen molar-refractivity contribution < 1.29 is 19.1 Å². The van der Waals surface area contributed by atoms with E-state index in [2.05, 4.69) is 16.2 Å². The van der Waals surface area contributed by atoms with E-state index in [0.29, 0.717) is 11.0 Å². The highest BCUT2D eigenvalue weighted by Gasteiger charge is 2.20. The normalized spacial score (nSPS) is 10.3. The maximum absolute atomic E-state index is 12.3. The van der Waals surface area contributed by atoms with Crippen LogP contribution < -0.4 is 21.8 Å². The minimum absolute atomic E-state index is 0.132. The molecule has 2 aromatic carbocycles. The number of nitrogens with one attached hydrogen (secondary N) is 3. The molecule has 0 saturated heterocycles. The number of nitrogens with zero attached hydrogens (tertiary/aromatic N) is 2. The van der Waals surface area contributed by atoms with Gasteiger partial charge < -0.3 is 4.42 Å². The molecule has 0 atom stereocenters. The van der Waals surface area contributed by atoms with Gasteiger partial charge in [0.2, 0.25) is 0 Å². The molecule has 1 amide bonds. The summed E-state index contributed by atoms with van der Waals surface area (Å²) < 4.78 is 5.07. The lowest BCUT2D eigenvalue weighted by Crippen LogP contribution is -2.43. The average Bonchev–Trinajstić information content (AvgIpc) is 2.71. The Balaban J connectivity index is 1.71. The van der Waals surface area contributed by atoms with E-state index >= 15 is 0 Å². The van der Waals surface area contributed by atoms with E-state index in [1.807, 2.05) is 0 Å². The van der Waals surface area contributed by atoms with Gasteiger partial charge in [0.05, 0.1) is 15.9 Å². The lowest BCUT2D eigenvalue weighted by atomic mass is 10.2. The largest absolute Gasteiger partial charge is 0.422 e. The molecule has 0 unspecified atom stereocenters. The van der Waals surface area contributed by atoms with Crippen molar-refractivity contribution in [2.75, 3.05) is 5.43 Å². The van der Waals surface area contributed by atoms with Gasteiger partial charge in [-0.2, -0.15) is 0 Å². The number of fused-ring (bicyclic) bond motifs is 1. The molecule has 12 nitrogen and oxygen atoms in total. The number of nitro benzene ring substituents is 2. The Morgan fingerprint density at radius 2 is 1.77 bits per heavy atom. The number of anilines is 1. The summed E-state index contributed by atoms with van der Waals surface area (Å²) in [5, 5.41) is 24.3. The molecule has 3 N–H and O–H groups in total. The molecule has 0 fully saturated rings. The van der Waals surface area contributed by atoms with E-state index < -0.39 is 32.8 Å². The number of carbonyl (C=O) groups excluding carboxylic acids is 1. The summed E-state index contributed by atoms with van der Waals surface area (Å²) in [5.41, 5.74) is 2.70. The van der Waals surface area contributed by atoms with Crippen LogP contribution in [0.25, 0.3) is 11.0 Å². The Bertz CT molecular complexity index is 1260. The Hall–Kier alpha value is -4.39. The van der Waals surface area contributed by atoms with Gasteiger partial charge >= 0.3 is 11.3 Å². The summed E-state index contributed by atoms with van der Waals surface area (Å²) >= 11 is 4.93. The quantitative estimate of drug-likeness (QED) is 0.236. The van der Waals surface area contributed by atoms with Crippen molar-refractivity contribution in [3.63, 3.8) is 0 Å². The second-order valence-electron chi connectivity index (χ2n) is 5.73. The molecule has 3 rings (SSSR count). The van der Waals surface area contributed by atoms with Gasteiger partial charge in [-0.15, -0.1) is 0 Å². The van der Waals surface area contributed by atoms with E-state index in [-0.39, 0.29) is 16.4 Å². The molecule has 0 saturated carbocycles. The summed E-state index contributed by atoms with van der Waals surface area (Å²) in [5.74, 6) is -0.855. The van der Waals surface area contributed by atoms with Crippen LogP contribution in [-0.4, -0.2) is 20.9 Å². The maximum Gasteiger partial charge on any atom is 0.349 e. The number of thiocarbonyl (C=S) groups is 1. The fraction of sp³-hybridized carbons (Fsp3) is 0. The molecular formula is C17H11N5O7S. The van der Waals surface area contributed by atoms with Crippen LogP contribution >= 0.6 is 12.2 Å². The third-order valence-corrected chi connectivity index (χ3v) is 4.02. The highest BCUT2D eigenvalue weighted by molar-refractivity contribution is 7.80. The Morgan fingerprint density at radius 3 is 2.47 bits per heavy atom. The summed E-state index contributed by atoms with van der Waals surface area (Å²) in [6, 6.07) is 10.9. The first kappa shape index (κ1) is 20.3. The SMILES string of the molecule is O=C(NC(=S)NNc1ccc([N+](=O)[O-])cc1[N+](=O)[O-])c1cc2ccccc2oc1=O. The van der Waals surface area contributed by atoms with Crippen LogP contribution in [0.15, 0.2) is 57.7 Å². The number of rotatable bonds is 5. The van der Waals surface area contributed by atoms with Crippen molar-refractivity contribution in [1.82, 2.24) is 10.7 Å². The van der Waals surface area contributed by atoms with Gasteiger partial charge in [0, 0.05) is 11.5 Å². The van der Waals surface area contributed by atoms with Crippen molar-refractivity contribution in [1.29, 1.82) is 0 Å². The van der Waals surface area contributed by atoms with E-state index in [9.17, 15) is 29.8 Å². The van der Waals surface area contributed by atoms with Crippen LogP contribution in [0.2, 0.25) is 0 Å². The second-order valence-corrected chi connectivity index (χ2v) is 6.14. The Labute approximate surface area is 171 Å². The van der Waals surface area contributed by atoms with Gasteiger partial charge in [-0.05, 0) is 30.4 Å². The highest BCUT2D eigenvalue weighted by Crippen LogP contribution is 2.28. The number of hydrazine groups is 1. The minimum atomic E-state index is -0.868.